The minimum absolute atomic E-state index is 0.0210. The number of ether oxygens (including phenoxy) is 1. The van der Waals surface area contributed by atoms with E-state index in [4.69, 9.17) is 4.74 Å². The maximum Gasteiger partial charge on any atom is 0.254 e. The molecule has 5 heteroatoms. The number of nitrogens with zero attached hydrogens (tertiary/aromatic N) is 1. The van der Waals surface area contributed by atoms with Crippen LogP contribution in [0, 0.1) is 9.49 Å². The molecule has 1 amide bonds. The van der Waals surface area contributed by atoms with Gasteiger partial charge in [0.15, 0.2) is 5.78 Å². The summed E-state index contributed by atoms with van der Waals surface area (Å²) in [5.74, 6) is 0.936. The van der Waals surface area contributed by atoms with Crippen molar-refractivity contribution >= 4 is 34.3 Å². The van der Waals surface area contributed by atoms with Gasteiger partial charge in [-0.05, 0) is 71.8 Å². The summed E-state index contributed by atoms with van der Waals surface area (Å²) in [6, 6.07) is 14.8. The van der Waals surface area contributed by atoms with Crippen molar-refractivity contribution in [2.45, 2.75) is 12.8 Å². The standard InChI is InChI=1S/C20H20INO3/c1-25-16-8-6-14(7-9-16)19(23)15-10-12-22(13-11-15)20(24)17-4-2-3-5-18(17)21/h2-9,15H,10-13H2,1H3. The zero-order valence-corrected chi connectivity index (χ0v) is 16.2. The lowest BCUT2D eigenvalue weighted by Gasteiger charge is -2.31. The molecular formula is C20H20INO3. The van der Waals surface area contributed by atoms with Crippen molar-refractivity contribution < 1.29 is 14.3 Å². The molecule has 0 saturated carbocycles. The number of rotatable bonds is 4. The van der Waals surface area contributed by atoms with Crippen LogP contribution in [0.2, 0.25) is 0 Å². The van der Waals surface area contributed by atoms with E-state index in [2.05, 4.69) is 22.6 Å². The molecule has 2 aromatic carbocycles. The van der Waals surface area contributed by atoms with Crippen LogP contribution in [0.3, 0.4) is 0 Å². The Bertz CT molecular complexity index is 765. The van der Waals surface area contributed by atoms with Crippen molar-refractivity contribution in [3.63, 3.8) is 0 Å². The molecule has 3 rings (SSSR count). The number of Topliss-reactive ketones (excluding diaryl/α,β-unsaturated/α-hetero) is 1. The molecule has 0 N–H and O–H groups in total. The van der Waals surface area contributed by atoms with Crippen molar-refractivity contribution in [1.82, 2.24) is 4.90 Å². The molecule has 0 aromatic heterocycles. The Balaban J connectivity index is 1.62. The molecule has 0 atom stereocenters. The average Bonchev–Trinajstić information content (AvgIpc) is 2.67. The quantitative estimate of drug-likeness (QED) is 0.523. The predicted octanol–water partition coefficient (Wildman–Crippen LogP) is 4.03. The topological polar surface area (TPSA) is 46.6 Å². The second kappa shape index (κ2) is 7.99. The number of hydrogen-bond acceptors (Lipinski definition) is 3. The van der Waals surface area contributed by atoms with Crippen LogP contribution < -0.4 is 4.74 Å². The molecule has 0 radical (unpaired) electrons. The molecule has 1 aliphatic heterocycles. The van der Waals surface area contributed by atoms with Gasteiger partial charge in [-0.3, -0.25) is 9.59 Å². The smallest absolute Gasteiger partial charge is 0.254 e. The van der Waals surface area contributed by atoms with E-state index in [1.165, 1.54) is 0 Å². The van der Waals surface area contributed by atoms with Gasteiger partial charge >= 0.3 is 0 Å². The van der Waals surface area contributed by atoms with E-state index < -0.39 is 0 Å². The summed E-state index contributed by atoms with van der Waals surface area (Å²) < 4.78 is 6.09. The van der Waals surface area contributed by atoms with Crippen LogP contribution in [-0.2, 0) is 0 Å². The number of piperidine rings is 1. The number of hydrogen-bond donors (Lipinski definition) is 0. The van der Waals surface area contributed by atoms with Gasteiger partial charge in [0, 0.05) is 28.1 Å². The van der Waals surface area contributed by atoms with Crippen LogP contribution in [-0.4, -0.2) is 36.8 Å². The summed E-state index contributed by atoms with van der Waals surface area (Å²) in [5, 5.41) is 0. The summed E-state index contributed by atoms with van der Waals surface area (Å²) in [6.45, 7) is 1.24. The minimum atomic E-state index is -0.0210. The molecular weight excluding hydrogens is 429 g/mol. The third-order valence-electron chi connectivity index (χ3n) is 4.63. The largest absolute Gasteiger partial charge is 0.497 e. The van der Waals surface area contributed by atoms with Gasteiger partial charge < -0.3 is 9.64 Å². The molecule has 1 heterocycles. The maximum absolute atomic E-state index is 12.7. The van der Waals surface area contributed by atoms with Crippen LogP contribution in [0.25, 0.3) is 0 Å². The van der Waals surface area contributed by atoms with Gasteiger partial charge in [-0.25, -0.2) is 0 Å². The lowest BCUT2D eigenvalue weighted by atomic mass is 9.88. The first-order valence-electron chi connectivity index (χ1n) is 8.32. The highest BCUT2D eigenvalue weighted by Gasteiger charge is 2.28. The second-order valence-corrected chi connectivity index (χ2v) is 7.30. The SMILES string of the molecule is COc1ccc(C(=O)C2CCN(C(=O)c3ccccc3I)CC2)cc1. The normalized spacial score (nSPS) is 15.0. The average molecular weight is 449 g/mol. The molecule has 130 valence electrons. The Morgan fingerprint density at radius 2 is 1.68 bits per heavy atom. The zero-order chi connectivity index (χ0) is 17.8. The number of likely N-dealkylation sites (tertiary alicyclic amines) is 1. The molecule has 2 aromatic rings. The molecule has 0 spiro atoms. The molecule has 1 aliphatic rings. The van der Waals surface area contributed by atoms with Gasteiger partial charge in [-0.15, -0.1) is 0 Å². The third-order valence-corrected chi connectivity index (χ3v) is 5.57. The first-order chi connectivity index (χ1) is 12.1. The van der Waals surface area contributed by atoms with E-state index in [-0.39, 0.29) is 17.6 Å². The monoisotopic (exact) mass is 449 g/mol. The summed E-state index contributed by atoms with van der Waals surface area (Å²) in [6.07, 6.45) is 1.42. The summed E-state index contributed by atoms with van der Waals surface area (Å²) in [5.41, 5.74) is 1.45. The Morgan fingerprint density at radius 1 is 1.04 bits per heavy atom. The maximum atomic E-state index is 12.7. The highest BCUT2D eigenvalue weighted by atomic mass is 127. The van der Waals surface area contributed by atoms with Gasteiger partial charge in [0.1, 0.15) is 5.75 Å². The van der Waals surface area contributed by atoms with Crippen LogP contribution in [0.15, 0.2) is 48.5 Å². The van der Waals surface area contributed by atoms with Crippen LogP contribution in [0.4, 0.5) is 0 Å². The van der Waals surface area contributed by atoms with Crippen LogP contribution in [0.1, 0.15) is 33.6 Å². The van der Waals surface area contributed by atoms with E-state index in [0.29, 0.717) is 31.5 Å². The number of amides is 1. The fourth-order valence-electron chi connectivity index (χ4n) is 3.14. The van der Waals surface area contributed by atoms with Gasteiger partial charge in [0.2, 0.25) is 0 Å². The Labute approximate surface area is 161 Å². The zero-order valence-electron chi connectivity index (χ0n) is 14.1. The highest BCUT2D eigenvalue weighted by molar-refractivity contribution is 14.1. The predicted molar refractivity (Wildman–Crippen MR) is 105 cm³/mol. The van der Waals surface area contributed by atoms with Crippen molar-refractivity contribution in [3.05, 3.63) is 63.2 Å². The second-order valence-electron chi connectivity index (χ2n) is 6.14. The number of carbonyl (C=O) groups is 2. The van der Waals surface area contributed by atoms with E-state index in [1.807, 2.05) is 53.4 Å². The van der Waals surface area contributed by atoms with Crippen molar-refractivity contribution in [1.29, 1.82) is 0 Å². The lowest BCUT2D eigenvalue weighted by Crippen LogP contribution is -2.40. The van der Waals surface area contributed by atoms with Crippen molar-refractivity contribution in [2.75, 3.05) is 20.2 Å². The van der Waals surface area contributed by atoms with Crippen molar-refractivity contribution in [3.8, 4) is 5.75 Å². The summed E-state index contributed by atoms with van der Waals surface area (Å²) in [7, 11) is 1.61. The summed E-state index contributed by atoms with van der Waals surface area (Å²) in [4.78, 5) is 27.2. The molecule has 1 fully saturated rings. The molecule has 25 heavy (non-hydrogen) atoms. The first-order valence-corrected chi connectivity index (χ1v) is 9.40. The van der Waals surface area contributed by atoms with E-state index >= 15 is 0 Å². The molecule has 0 bridgehead atoms. The Kier molecular flexibility index (Phi) is 5.73. The number of methoxy groups -OCH3 is 1. The Hall–Kier alpha value is -1.89. The van der Waals surface area contributed by atoms with E-state index in [0.717, 1.165) is 14.9 Å². The fraction of sp³-hybridized carbons (Fsp3) is 0.300. The number of ketones is 1. The van der Waals surface area contributed by atoms with E-state index in [1.54, 1.807) is 7.11 Å². The van der Waals surface area contributed by atoms with Gasteiger partial charge in [-0.2, -0.15) is 0 Å². The highest BCUT2D eigenvalue weighted by Crippen LogP contribution is 2.25. The van der Waals surface area contributed by atoms with Gasteiger partial charge in [-0.1, -0.05) is 12.1 Å². The first kappa shape index (κ1) is 17.9. The van der Waals surface area contributed by atoms with Crippen molar-refractivity contribution in [2.24, 2.45) is 5.92 Å². The van der Waals surface area contributed by atoms with Gasteiger partial charge in [0.25, 0.3) is 5.91 Å². The Morgan fingerprint density at radius 3 is 2.28 bits per heavy atom. The van der Waals surface area contributed by atoms with Gasteiger partial charge in [0.05, 0.1) is 12.7 Å². The number of benzene rings is 2. The molecule has 0 unspecified atom stereocenters. The molecule has 0 aliphatic carbocycles. The fourth-order valence-corrected chi connectivity index (χ4v) is 3.76. The van der Waals surface area contributed by atoms with Crippen LogP contribution in [0.5, 0.6) is 5.75 Å². The van der Waals surface area contributed by atoms with E-state index in [9.17, 15) is 9.59 Å². The number of carbonyl (C=O) groups excluding carboxylic acids is 2. The molecule has 1 saturated heterocycles. The minimum Gasteiger partial charge on any atom is -0.497 e. The number of halogens is 1. The lowest BCUT2D eigenvalue weighted by molar-refractivity contribution is 0.0649. The third kappa shape index (κ3) is 4.03. The summed E-state index contributed by atoms with van der Waals surface area (Å²) >= 11 is 2.19. The molecule has 4 nitrogen and oxygen atoms in total. The van der Waals surface area contributed by atoms with Crippen LogP contribution >= 0.6 is 22.6 Å².